The topological polar surface area (TPSA) is 205 Å². The lowest BCUT2D eigenvalue weighted by molar-refractivity contribution is -0.151. The Balaban J connectivity index is 0.812. The van der Waals surface area contributed by atoms with Crippen molar-refractivity contribution < 1.29 is 66.8 Å². The van der Waals surface area contributed by atoms with Gasteiger partial charge in [0.05, 0.1) is 39.1 Å². The molecule has 0 N–H and O–H groups in total. The van der Waals surface area contributed by atoms with Gasteiger partial charge >= 0.3 is 35.8 Å². The third kappa shape index (κ3) is 44.8. The second-order valence-corrected chi connectivity index (χ2v) is 31.8. The zero-order valence-electron chi connectivity index (χ0n) is 68.3. The van der Waals surface area contributed by atoms with Crippen LogP contribution in [0.15, 0.2) is 48.5 Å². The molecular formula is C90H148N4O14. The van der Waals surface area contributed by atoms with Crippen LogP contribution in [0, 0.1) is 11.8 Å². The van der Waals surface area contributed by atoms with Gasteiger partial charge in [0.2, 0.25) is 11.8 Å². The van der Waals surface area contributed by atoms with E-state index in [2.05, 4.69) is 37.5 Å². The maximum absolute atomic E-state index is 13.4. The summed E-state index contributed by atoms with van der Waals surface area (Å²) in [6.45, 7) is 15.7. The molecule has 3 heterocycles. The molecule has 18 heteroatoms. The van der Waals surface area contributed by atoms with Crippen molar-refractivity contribution in [2.75, 3.05) is 78.7 Å². The van der Waals surface area contributed by atoms with Crippen molar-refractivity contribution >= 4 is 47.6 Å². The molecule has 0 aromatic heterocycles. The molecule has 5 rings (SSSR count). The molecule has 0 bridgehead atoms. The van der Waals surface area contributed by atoms with Gasteiger partial charge in [-0.3, -0.25) is 48.2 Å². The van der Waals surface area contributed by atoms with E-state index in [-0.39, 0.29) is 72.7 Å². The van der Waals surface area contributed by atoms with Crippen molar-refractivity contribution in [3.05, 3.63) is 59.7 Å². The molecule has 3 aliphatic rings. The van der Waals surface area contributed by atoms with Gasteiger partial charge in [-0.1, -0.05) is 219 Å². The van der Waals surface area contributed by atoms with E-state index in [1.54, 1.807) is 48.5 Å². The summed E-state index contributed by atoms with van der Waals surface area (Å²) in [6, 6.07) is 14.0. The maximum Gasteiger partial charge on any atom is 0.311 e. The fraction of sp³-hybridized carbons (Fsp3) is 0.778. The van der Waals surface area contributed by atoms with Gasteiger partial charge in [0, 0.05) is 51.9 Å². The number of nitrogens with zero attached hydrogens (tertiary/aromatic N) is 4. The third-order valence-electron chi connectivity index (χ3n) is 22.3. The summed E-state index contributed by atoms with van der Waals surface area (Å²) in [5.41, 5.74) is 1.57. The molecule has 2 amide bonds. The number of ether oxygens (including phenoxy) is 6. The summed E-state index contributed by atoms with van der Waals surface area (Å²) in [6.07, 6.45) is 49.5. The molecule has 0 aliphatic carbocycles. The zero-order valence-corrected chi connectivity index (χ0v) is 68.3. The Morgan fingerprint density at radius 2 is 0.593 bits per heavy atom. The predicted octanol–water partition coefficient (Wildman–Crippen LogP) is 19.5. The van der Waals surface area contributed by atoms with Crippen molar-refractivity contribution in [2.45, 2.75) is 361 Å². The highest BCUT2D eigenvalue weighted by atomic mass is 16.6. The Morgan fingerprint density at radius 3 is 0.889 bits per heavy atom. The Labute approximate surface area is 653 Å². The third-order valence-corrected chi connectivity index (χ3v) is 22.3. The van der Waals surface area contributed by atoms with Gasteiger partial charge in [-0.2, -0.15) is 0 Å². The molecule has 612 valence electrons. The lowest BCUT2D eigenvalue weighted by atomic mass is 9.94. The van der Waals surface area contributed by atoms with E-state index in [0.717, 1.165) is 191 Å². The first kappa shape index (κ1) is 92.7. The maximum atomic E-state index is 13.4. The lowest BCUT2D eigenvalue weighted by Crippen LogP contribution is -2.54. The van der Waals surface area contributed by atoms with Crippen molar-refractivity contribution in [1.29, 1.82) is 0 Å². The highest BCUT2D eigenvalue weighted by Gasteiger charge is 2.30. The second-order valence-electron chi connectivity index (χ2n) is 31.8. The molecule has 18 nitrogen and oxygen atoms in total. The molecule has 0 atom stereocenters. The van der Waals surface area contributed by atoms with E-state index in [4.69, 9.17) is 28.4 Å². The number of amides is 2. The van der Waals surface area contributed by atoms with Crippen LogP contribution in [0.3, 0.4) is 0 Å². The molecule has 2 aromatic carbocycles. The minimum absolute atomic E-state index is 0.0461. The van der Waals surface area contributed by atoms with Gasteiger partial charge < -0.3 is 38.2 Å². The highest BCUT2D eigenvalue weighted by Crippen LogP contribution is 2.26. The van der Waals surface area contributed by atoms with Crippen molar-refractivity contribution in [1.82, 2.24) is 19.6 Å². The smallest absolute Gasteiger partial charge is 0.311 e. The number of hydrogen-bond acceptors (Lipinski definition) is 16. The molecule has 0 spiro atoms. The number of esters is 6. The quantitative estimate of drug-likeness (QED) is 0.0261. The molecule has 3 fully saturated rings. The molecule has 0 unspecified atom stereocenters. The highest BCUT2D eigenvalue weighted by molar-refractivity contribution is 5.81. The van der Waals surface area contributed by atoms with Crippen molar-refractivity contribution in [2.24, 2.45) is 11.8 Å². The van der Waals surface area contributed by atoms with Crippen LogP contribution >= 0.6 is 0 Å². The number of unbranched alkanes of at least 4 members (excludes halogenated alkanes) is 28. The van der Waals surface area contributed by atoms with Crippen LogP contribution in [-0.4, -0.2) is 158 Å². The average molecular weight is 1510 g/mol. The normalized spacial score (nSPS) is 14.7. The molecule has 0 radical (unpaired) electrons. The minimum atomic E-state index is -0.296. The Bertz CT molecular complexity index is 2510. The zero-order chi connectivity index (χ0) is 77.3. The van der Waals surface area contributed by atoms with Crippen LogP contribution < -0.4 is 9.47 Å². The van der Waals surface area contributed by atoms with Crippen LogP contribution in [-0.2, 0) is 70.1 Å². The molecule has 0 saturated carbocycles. The van der Waals surface area contributed by atoms with Crippen molar-refractivity contribution in [3.8, 4) is 11.5 Å². The van der Waals surface area contributed by atoms with Crippen LogP contribution in [0.4, 0.5) is 0 Å². The second kappa shape index (κ2) is 59.9. The lowest BCUT2D eigenvalue weighted by Gasteiger charge is -2.38. The number of likely N-dealkylation sites (tertiary alicyclic amines) is 2. The van der Waals surface area contributed by atoms with E-state index < -0.39 is 0 Å². The fourth-order valence-corrected chi connectivity index (χ4v) is 15.2. The molecule has 3 saturated heterocycles. The molecule has 2 aromatic rings. The summed E-state index contributed by atoms with van der Waals surface area (Å²) in [4.78, 5) is 111. The first-order valence-electron chi connectivity index (χ1n) is 44.0. The number of piperidine rings is 2. The minimum Gasteiger partial charge on any atom is -0.465 e. The van der Waals surface area contributed by atoms with Gasteiger partial charge in [0.25, 0.3) is 0 Å². The first-order valence-corrected chi connectivity index (χ1v) is 44.0. The van der Waals surface area contributed by atoms with Gasteiger partial charge in [-0.25, -0.2) is 0 Å². The Kier molecular flexibility index (Phi) is 51.4. The van der Waals surface area contributed by atoms with E-state index in [0.29, 0.717) is 102 Å². The molecule has 108 heavy (non-hydrogen) atoms. The molecular weight excluding hydrogens is 1360 g/mol. The van der Waals surface area contributed by atoms with Crippen LogP contribution in [0.5, 0.6) is 11.5 Å². The van der Waals surface area contributed by atoms with Crippen LogP contribution in [0.1, 0.15) is 347 Å². The van der Waals surface area contributed by atoms with E-state index >= 15 is 0 Å². The monoisotopic (exact) mass is 1510 g/mol. The van der Waals surface area contributed by atoms with E-state index in [9.17, 15) is 38.4 Å². The number of carbonyl (C=O) groups is 8. The average Bonchev–Trinajstić information content (AvgIpc) is 0.850. The fourth-order valence-electron chi connectivity index (χ4n) is 15.2. The Hall–Kier alpha value is -5.88. The number of rotatable bonds is 62. The summed E-state index contributed by atoms with van der Waals surface area (Å²) in [5, 5.41) is 0. The summed E-state index contributed by atoms with van der Waals surface area (Å²) in [7, 11) is 0. The van der Waals surface area contributed by atoms with Gasteiger partial charge in [-0.05, 0) is 189 Å². The largest absolute Gasteiger partial charge is 0.465 e. The summed E-state index contributed by atoms with van der Waals surface area (Å²) < 4.78 is 34.4. The van der Waals surface area contributed by atoms with Crippen molar-refractivity contribution in [3.63, 3.8) is 0 Å². The summed E-state index contributed by atoms with van der Waals surface area (Å²) in [5.74, 6) is 0.627. The van der Waals surface area contributed by atoms with Gasteiger partial charge in [0.1, 0.15) is 23.7 Å². The number of piperazine rings is 1. The van der Waals surface area contributed by atoms with Crippen LogP contribution in [0.25, 0.3) is 0 Å². The Morgan fingerprint density at radius 1 is 0.324 bits per heavy atom. The first-order chi connectivity index (χ1) is 52.7. The van der Waals surface area contributed by atoms with Gasteiger partial charge in [0.15, 0.2) is 0 Å². The number of hydrogen-bond donors (Lipinski definition) is 0. The number of carbonyl (C=O) groups excluding carboxylic acids is 8. The predicted molar refractivity (Wildman–Crippen MR) is 431 cm³/mol. The SMILES string of the molecule is CCCCCCCCC(CCCCCCCC)OC(=O)CCCCCCCC(=O)Oc1ccc(CC(=O)OCCC2CCN(CC(=O)N3CCN(C(=O)CN4CCC(CCOC(=O)Cc5ccc(OC(=O)CCCCCCCC(=O)OC(CCCCCCCC)CCCCCCCC)cc5)CC4)CC3)CC2)cc1. The number of benzene rings is 2. The van der Waals surface area contributed by atoms with E-state index in [1.165, 1.54) is 128 Å². The standard InChI is InChI=1S/C90H148N4O14/c1-5-9-13-17-23-31-39-79(40-32-24-18-14-10-6-2)105-85(97)43-35-27-21-29-37-45-87(99)107-81-51-47-77(48-52-81)71-89(101)103-69-59-75-55-61-91(62-56-75)73-83(95)93-65-67-94(68-66-93)84(96)74-92-63-57-76(58-64-92)60-70-104-90(102)72-78-49-53-82(54-50-78)108-88(100)46-38-30-22-28-36-44-86(98)106-80(41-33-25-19-15-11-7-3)42-34-26-20-16-12-8-4/h47-54,75-76,79-80H,5-46,55-74H2,1-4H3. The van der Waals surface area contributed by atoms with Crippen LogP contribution in [0.2, 0.25) is 0 Å². The molecule has 3 aliphatic heterocycles. The summed E-state index contributed by atoms with van der Waals surface area (Å²) >= 11 is 0. The van der Waals surface area contributed by atoms with Gasteiger partial charge in [-0.15, -0.1) is 0 Å². The van der Waals surface area contributed by atoms with E-state index in [1.807, 2.05) is 9.80 Å².